The summed E-state index contributed by atoms with van der Waals surface area (Å²) in [5.41, 5.74) is 0. The molecule has 388 valence electrons. The van der Waals surface area contributed by atoms with Crippen LogP contribution >= 0.6 is 0 Å². The third-order valence-electron chi connectivity index (χ3n) is 13.4. The lowest BCUT2D eigenvalue weighted by Gasteiger charge is -2.22. The van der Waals surface area contributed by atoms with Crippen LogP contribution in [0, 0.1) is 0 Å². The van der Waals surface area contributed by atoms with Gasteiger partial charge in [0.1, 0.15) is 0 Å². The molecule has 0 rings (SSSR count). The van der Waals surface area contributed by atoms with E-state index in [0.29, 0.717) is 25.9 Å². The van der Waals surface area contributed by atoms with Gasteiger partial charge in [-0.2, -0.15) is 0 Å². The molecule has 0 fully saturated rings. The van der Waals surface area contributed by atoms with Crippen molar-refractivity contribution < 1.29 is 24.5 Å². The van der Waals surface area contributed by atoms with Crippen LogP contribution in [0.15, 0.2) is 36.5 Å². The molecule has 0 aliphatic rings. The monoisotopic (exact) mass is 928 g/mol. The molecule has 2 atom stereocenters. The van der Waals surface area contributed by atoms with Crippen LogP contribution in [0.5, 0.6) is 0 Å². The van der Waals surface area contributed by atoms with Gasteiger partial charge in [0, 0.05) is 12.8 Å². The Morgan fingerprint density at radius 2 is 0.758 bits per heavy atom. The Morgan fingerprint density at radius 3 is 1.20 bits per heavy atom. The summed E-state index contributed by atoms with van der Waals surface area (Å²) < 4.78 is 5.46. The number of ether oxygens (including phenoxy) is 1. The first-order valence-corrected chi connectivity index (χ1v) is 29.2. The predicted octanol–water partition coefficient (Wildman–Crippen LogP) is 18.0. The van der Waals surface area contributed by atoms with E-state index in [4.69, 9.17) is 4.74 Å². The largest absolute Gasteiger partial charge is 0.466 e. The molecule has 6 heteroatoms. The molecule has 2 unspecified atom stereocenters. The maximum Gasteiger partial charge on any atom is 0.305 e. The van der Waals surface area contributed by atoms with Crippen LogP contribution in [-0.4, -0.2) is 47.4 Å². The lowest BCUT2D eigenvalue weighted by Crippen LogP contribution is -2.45. The number of carbonyl (C=O) groups is 2. The molecule has 0 aromatic rings. The van der Waals surface area contributed by atoms with Gasteiger partial charge in [-0.3, -0.25) is 9.59 Å². The van der Waals surface area contributed by atoms with E-state index in [-0.39, 0.29) is 18.5 Å². The molecular formula is C60H113NO5. The molecule has 0 radical (unpaired) electrons. The van der Waals surface area contributed by atoms with Gasteiger partial charge in [0.05, 0.1) is 25.4 Å². The minimum atomic E-state index is -0.682. The molecule has 66 heavy (non-hydrogen) atoms. The van der Waals surface area contributed by atoms with Crippen molar-refractivity contribution in [2.45, 2.75) is 321 Å². The van der Waals surface area contributed by atoms with Crippen LogP contribution in [0.3, 0.4) is 0 Å². The summed E-state index contributed by atoms with van der Waals surface area (Å²) >= 11 is 0. The second-order valence-corrected chi connectivity index (χ2v) is 20.0. The standard InChI is InChI=1S/C60H113NO5/c1-3-5-7-9-11-13-15-17-19-21-23-25-27-29-34-38-42-46-50-54-60(65)66-55-51-47-43-39-35-31-30-33-37-41-45-49-53-59(64)61-57(56-62)58(63)52-48-44-40-36-32-28-26-24-22-20-18-16-14-12-10-8-6-4-2/h11,13,17,19,31,35,57-58,62-63H,3-10,12,14-16,18,20-30,32-34,36-56H2,1-2H3,(H,61,64)/b13-11-,19-17-,35-31-. The van der Waals surface area contributed by atoms with Gasteiger partial charge in [0.25, 0.3) is 0 Å². The number of aliphatic hydroxyl groups excluding tert-OH is 2. The smallest absolute Gasteiger partial charge is 0.305 e. The van der Waals surface area contributed by atoms with Crippen molar-refractivity contribution in [2.75, 3.05) is 13.2 Å². The number of amides is 1. The molecule has 0 aromatic carbocycles. The third kappa shape index (κ3) is 51.5. The zero-order chi connectivity index (χ0) is 47.9. The van der Waals surface area contributed by atoms with Gasteiger partial charge in [0.2, 0.25) is 5.91 Å². The number of hydrogen-bond donors (Lipinski definition) is 3. The van der Waals surface area contributed by atoms with E-state index in [9.17, 15) is 19.8 Å². The summed E-state index contributed by atoms with van der Waals surface area (Å²) in [6, 6.07) is -0.561. The highest BCUT2D eigenvalue weighted by Crippen LogP contribution is 2.17. The Labute approximate surface area is 411 Å². The molecule has 0 spiro atoms. The lowest BCUT2D eigenvalue weighted by molar-refractivity contribution is -0.143. The highest BCUT2D eigenvalue weighted by Gasteiger charge is 2.20. The Balaban J connectivity index is 3.49. The first kappa shape index (κ1) is 64.1. The Morgan fingerprint density at radius 1 is 0.424 bits per heavy atom. The summed E-state index contributed by atoms with van der Waals surface area (Å²) in [6.07, 6.45) is 68.4. The van der Waals surface area contributed by atoms with Gasteiger partial charge >= 0.3 is 5.97 Å². The molecule has 1 amide bonds. The van der Waals surface area contributed by atoms with Crippen LogP contribution < -0.4 is 5.32 Å². The van der Waals surface area contributed by atoms with Crippen molar-refractivity contribution in [1.29, 1.82) is 0 Å². The van der Waals surface area contributed by atoms with Gasteiger partial charge in [-0.25, -0.2) is 0 Å². The first-order chi connectivity index (χ1) is 32.5. The van der Waals surface area contributed by atoms with E-state index in [1.54, 1.807) is 0 Å². The number of unbranched alkanes of at least 4 members (excludes halogenated alkanes) is 37. The topological polar surface area (TPSA) is 95.9 Å². The molecule has 0 heterocycles. The predicted molar refractivity (Wildman–Crippen MR) is 287 cm³/mol. The van der Waals surface area contributed by atoms with Gasteiger partial charge in [-0.1, -0.05) is 243 Å². The molecular weight excluding hydrogens is 815 g/mol. The van der Waals surface area contributed by atoms with E-state index in [0.717, 1.165) is 83.5 Å². The summed E-state index contributed by atoms with van der Waals surface area (Å²) in [7, 11) is 0. The van der Waals surface area contributed by atoms with Crippen molar-refractivity contribution >= 4 is 11.9 Å². The normalized spacial score (nSPS) is 12.8. The van der Waals surface area contributed by atoms with Gasteiger partial charge in [-0.05, 0) is 89.9 Å². The number of hydrogen-bond acceptors (Lipinski definition) is 5. The van der Waals surface area contributed by atoms with Crippen LogP contribution in [0.4, 0.5) is 0 Å². The minimum absolute atomic E-state index is 0.0262. The first-order valence-electron chi connectivity index (χ1n) is 29.2. The van der Waals surface area contributed by atoms with Crippen molar-refractivity contribution in [3.8, 4) is 0 Å². The van der Waals surface area contributed by atoms with Gasteiger partial charge in [0.15, 0.2) is 0 Å². The average molecular weight is 929 g/mol. The number of rotatable bonds is 54. The van der Waals surface area contributed by atoms with Crippen molar-refractivity contribution in [1.82, 2.24) is 5.32 Å². The van der Waals surface area contributed by atoms with Crippen molar-refractivity contribution in [2.24, 2.45) is 0 Å². The Hall–Kier alpha value is -1.92. The molecule has 0 aliphatic carbocycles. The average Bonchev–Trinajstić information content (AvgIpc) is 3.32. The fraction of sp³-hybridized carbons (Fsp3) is 0.867. The van der Waals surface area contributed by atoms with Crippen molar-refractivity contribution in [3.05, 3.63) is 36.5 Å². The van der Waals surface area contributed by atoms with Gasteiger partial charge in [-0.15, -0.1) is 0 Å². The van der Waals surface area contributed by atoms with Crippen LogP contribution in [-0.2, 0) is 14.3 Å². The van der Waals surface area contributed by atoms with Crippen LogP contribution in [0.25, 0.3) is 0 Å². The summed E-state index contributed by atoms with van der Waals surface area (Å²) in [4.78, 5) is 24.6. The van der Waals surface area contributed by atoms with E-state index in [1.165, 1.54) is 193 Å². The quantitative estimate of drug-likeness (QED) is 0.0321. The molecule has 0 bridgehead atoms. The molecule has 0 saturated carbocycles. The lowest BCUT2D eigenvalue weighted by atomic mass is 10.0. The number of nitrogens with one attached hydrogen (secondary N) is 1. The van der Waals surface area contributed by atoms with Gasteiger partial charge < -0.3 is 20.3 Å². The number of aliphatic hydroxyl groups is 2. The Bertz CT molecular complexity index is 1070. The zero-order valence-corrected chi connectivity index (χ0v) is 44.2. The second-order valence-electron chi connectivity index (χ2n) is 20.0. The zero-order valence-electron chi connectivity index (χ0n) is 44.2. The molecule has 6 nitrogen and oxygen atoms in total. The molecule has 0 saturated heterocycles. The molecule has 0 aliphatic heterocycles. The molecule has 0 aromatic heterocycles. The van der Waals surface area contributed by atoms with E-state index >= 15 is 0 Å². The summed E-state index contributed by atoms with van der Waals surface area (Å²) in [5, 5.41) is 23.3. The third-order valence-corrected chi connectivity index (χ3v) is 13.4. The van der Waals surface area contributed by atoms with Crippen LogP contribution in [0.1, 0.15) is 309 Å². The van der Waals surface area contributed by atoms with E-state index in [1.807, 2.05) is 0 Å². The number of carbonyl (C=O) groups excluding carboxylic acids is 2. The summed E-state index contributed by atoms with van der Waals surface area (Å²) in [5.74, 6) is -0.0857. The Kier molecular flexibility index (Phi) is 54.1. The maximum atomic E-state index is 12.5. The number of esters is 1. The fourth-order valence-corrected chi connectivity index (χ4v) is 8.90. The van der Waals surface area contributed by atoms with E-state index in [2.05, 4.69) is 55.6 Å². The SMILES string of the molecule is CCCCC/C=C\C/C=C\CCCCCCCCCCCC(=O)OCCCCC/C=C\CCCCCCCC(=O)NC(CO)C(O)CCCCCCCCCCCCCCCCCCCC. The van der Waals surface area contributed by atoms with Crippen LogP contribution in [0.2, 0.25) is 0 Å². The summed E-state index contributed by atoms with van der Waals surface area (Å²) in [6.45, 7) is 4.88. The maximum absolute atomic E-state index is 12.5. The highest BCUT2D eigenvalue weighted by molar-refractivity contribution is 5.76. The number of allylic oxidation sites excluding steroid dienone is 6. The molecule has 3 N–H and O–H groups in total. The second kappa shape index (κ2) is 55.7. The van der Waals surface area contributed by atoms with Crippen molar-refractivity contribution in [3.63, 3.8) is 0 Å². The minimum Gasteiger partial charge on any atom is -0.466 e. The highest BCUT2D eigenvalue weighted by atomic mass is 16.5. The van der Waals surface area contributed by atoms with E-state index < -0.39 is 12.1 Å². The fourth-order valence-electron chi connectivity index (χ4n) is 8.90.